The van der Waals surface area contributed by atoms with E-state index in [9.17, 15) is 0 Å². The fraction of sp³-hybridized carbons (Fsp3) is 0.133. The molecule has 5 heteroatoms. The number of nitrogens with zero attached hydrogens (tertiary/aromatic N) is 3. The van der Waals surface area contributed by atoms with Crippen LogP contribution in [0.4, 0.5) is 34.1 Å². The van der Waals surface area contributed by atoms with Gasteiger partial charge in [0.1, 0.15) is 6.17 Å². The first-order chi connectivity index (χ1) is 24.8. The van der Waals surface area contributed by atoms with Crippen LogP contribution < -0.4 is 20.4 Å². The van der Waals surface area contributed by atoms with Crippen molar-refractivity contribution < 1.29 is 0 Å². The molecule has 2 N–H and O–H groups in total. The Kier molecular flexibility index (Phi) is 7.96. The van der Waals surface area contributed by atoms with Crippen LogP contribution in [0.3, 0.4) is 0 Å². The molecule has 244 valence electrons. The Bertz CT molecular complexity index is 2230. The predicted molar refractivity (Wildman–Crippen MR) is 210 cm³/mol. The van der Waals surface area contributed by atoms with Crippen molar-refractivity contribution in [1.29, 1.82) is 0 Å². The Hall–Kier alpha value is -5.91. The van der Waals surface area contributed by atoms with Gasteiger partial charge in [-0.05, 0) is 84.0 Å². The first kappa shape index (κ1) is 30.2. The summed E-state index contributed by atoms with van der Waals surface area (Å²) < 4.78 is 0. The lowest BCUT2D eigenvalue weighted by Gasteiger charge is -2.32. The van der Waals surface area contributed by atoms with Crippen molar-refractivity contribution in [3.63, 3.8) is 0 Å². The number of hydrogen-bond acceptors (Lipinski definition) is 5. The minimum Gasteiger partial charge on any atom is -0.360 e. The molecule has 2 unspecified atom stereocenters. The van der Waals surface area contributed by atoms with E-state index in [2.05, 4.69) is 184 Å². The van der Waals surface area contributed by atoms with E-state index in [-0.39, 0.29) is 12.2 Å². The maximum atomic E-state index is 5.12. The van der Waals surface area contributed by atoms with Gasteiger partial charge in [-0.1, -0.05) is 115 Å². The summed E-state index contributed by atoms with van der Waals surface area (Å²) >= 11 is 0. The zero-order chi connectivity index (χ0) is 33.3. The summed E-state index contributed by atoms with van der Waals surface area (Å²) in [6, 6.07) is 54.2. The number of fused-ring (bicyclic) bond motifs is 2. The minimum absolute atomic E-state index is 0.109. The lowest BCUT2D eigenvalue weighted by atomic mass is 9.91. The largest absolute Gasteiger partial charge is 0.360 e. The van der Waals surface area contributed by atoms with E-state index in [1.54, 1.807) is 0 Å². The molecule has 2 atom stereocenters. The highest BCUT2D eigenvalue weighted by atomic mass is 15.3. The van der Waals surface area contributed by atoms with Gasteiger partial charge in [-0.2, -0.15) is 0 Å². The molecule has 0 amide bonds. The van der Waals surface area contributed by atoms with Gasteiger partial charge in [-0.15, -0.1) is 0 Å². The SMILES string of the molecule is C1=C(C2CN=C(c3ccc(N(c4ccccc4)c4cccc5ccccc45)cc3)CN2)CCC(C2Nc3ccccc3N2c2ccccc2)=C1. The van der Waals surface area contributed by atoms with Gasteiger partial charge in [0.25, 0.3) is 0 Å². The van der Waals surface area contributed by atoms with Crippen LogP contribution in [-0.2, 0) is 0 Å². The number of aliphatic imine (C=N–C) groups is 1. The first-order valence-electron chi connectivity index (χ1n) is 17.6. The summed E-state index contributed by atoms with van der Waals surface area (Å²) in [7, 11) is 0. The highest BCUT2D eigenvalue weighted by Gasteiger charge is 2.33. The quantitative estimate of drug-likeness (QED) is 0.181. The van der Waals surface area contributed by atoms with Gasteiger partial charge in [0.15, 0.2) is 0 Å². The molecule has 2 aliphatic heterocycles. The number of allylic oxidation sites excluding steroid dienone is 2. The number of benzene rings is 6. The Morgan fingerprint density at radius 3 is 2.08 bits per heavy atom. The topological polar surface area (TPSA) is 42.9 Å². The molecule has 50 heavy (non-hydrogen) atoms. The Morgan fingerprint density at radius 1 is 0.620 bits per heavy atom. The fourth-order valence-corrected chi connectivity index (χ4v) is 7.67. The Labute approximate surface area is 293 Å². The molecule has 2 heterocycles. The van der Waals surface area contributed by atoms with E-state index in [1.807, 2.05) is 0 Å². The molecule has 0 saturated heterocycles. The van der Waals surface area contributed by atoms with Gasteiger partial charge >= 0.3 is 0 Å². The van der Waals surface area contributed by atoms with Gasteiger partial charge in [-0.25, -0.2) is 0 Å². The number of para-hydroxylation sites is 4. The summed E-state index contributed by atoms with van der Waals surface area (Å²) in [5.74, 6) is 0. The number of nitrogens with one attached hydrogen (secondary N) is 2. The van der Waals surface area contributed by atoms with Crippen molar-refractivity contribution in [2.24, 2.45) is 4.99 Å². The maximum absolute atomic E-state index is 5.12. The van der Waals surface area contributed by atoms with E-state index in [0.29, 0.717) is 0 Å². The van der Waals surface area contributed by atoms with Crippen LogP contribution in [0.1, 0.15) is 18.4 Å². The molecule has 0 spiro atoms. The molecule has 0 saturated carbocycles. The molecule has 9 rings (SSSR count). The first-order valence-corrected chi connectivity index (χ1v) is 17.6. The molecule has 5 nitrogen and oxygen atoms in total. The summed E-state index contributed by atoms with van der Waals surface area (Å²) in [5.41, 5.74) is 12.2. The van der Waals surface area contributed by atoms with Crippen LogP contribution in [0.15, 0.2) is 180 Å². The lowest BCUT2D eigenvalue weighted by molar-refractivity contribution is 0.576. The van der Waals surface area contributed by atoms with Crippen molar-refractivity contribution in [2.75, 3.05) is 28.2 Å². The van der Waals surface area contributed by atoms with E-state index in [0.717, 1.165) is 43.0 Å². The third kappa shape index (κ3) is 5.66. The van der Waals surface area contributed by atoms with Gasteiger partial charge in [0.05, 0.1) is 29.3 Å². The Balaban J connectivity index is 0.928. The predicted octanol–water partition coefficient (Wildman–Crippen LogP) is 10.3. The third-order valence-corrected chi connectivity index (χ3v) is 10.2. The second-order valence-electron chi connectivity index (χ2n) is 13.2. The van der Waals surface area contributed by atoms with Crippen molar-refractivity contribution in [1.82, 2.24) is 5.32 Å². The lowest BCUT2D eigenvalue weighted by Crippen LogP contribution is -2.42. The van der Waals surface area contributed by atoms with Crippen molar-refractivity contribution in [3.05, 3.63) is 181 Å². The van der Waals surface area contributed by atoms with Crippen molar-refractivity contribution in [2.45, 2.75) is 25.0 Å². The molecule has 0 fully saturated rings. The molecular formula is C45H39N5. The van der Waals surface area contributed by atoms with Gasteiger partial charge < -0.3 is 20.4 Å². The van der Waals surface area contributed by atoms with Crippen LogP contribution in [0.5, 0.6) is 0 Å². The monoisotopic (exact) mass is 649 g/mol. The normalized spacial score (nSPS) is 18.5. The Morgan fingerprint density at radius 2 is 1.30 bits per heavy atom. The van der Waals surface area contributed by atoms with Crippen LogP contribution in [0, 0.1) is 0 Å². The summed E-state index contributed by atoms with van der Waals surface area (Å²) in [4.78, 5) is 9.90. The fourth-order valence-electron chi connectivity index (χ4n) is 7.67. The molecule has 6 aromatic carbocycles. The van der Waals surface area contributed by atoms with E-state index < -0.39 is 0 Å². The number of anilines is 6. The van der Waals surface area contributed by atoms with Gasteiger partial charge in [-0.3, -0.25) is 4.99 Å². The highest BCUT2D eigenvalue weighted by Crippen LogP contribution is 2.43. The molecule has 1 aliphatic carbocycles. The zero-order valence-corrected chi connectivity index (χ0v) is 27.9. The minimum atomic E-state index is 0.109. The molecular weight excluding hydrogens is 611 g/mol. The summed E-state index contributed by atoms with van der Waals surface area (Å²) in [5, 5.41) is 10.1. The van der Waals surface area contributed by atoms with E-state index in [1.165, 1.54) is 50.2 Å². The average Bonchev–Trinajstić information content (AvgIpc) is 3.59. The molecule has 6 aromatic rings. The maximum Gasteiger partial charge on any atom is 0.126 e. The smallest absolute Gasteiger partial charge is 0.126 e. The number of rotatable bonds is 7. The van der Waals surface area contributed by atoms with Crippen LogP contribution in [-0.4, -0.2) is 31.0 Å². The molecule has 0 bridgehead atoms. The van der Waals surface area contributed by atoms with Crippen LogP contribution in [0.25, 0.3) is 10.8 Å². The molecule has 0 radical (unpaired) electrons. The summed E-state index contributed by atoms with van der Waals surface area (Å²) in [6.45, 7) is 1.51. The van der Waals surface area contributed by atoms with E-state index >= 15 is 0 Å². The number of hydrogen-bond donors (Lipinski definition) is 2. The second-order valence-corrected chi connectivity index (χ2v) is 13.2. The second kappa shape index (κ2) is 13.2. The van der Waals surface area contributed by atoms with Gasteiger partial charge in [0.2, 0.25) is 0 Å². The van der Waals surface area contributed by atoms with Crippen LogP contribution in [0.2, 0.25) is 0 Å². The van der Waals surface area contributed by atoms with Crippen molar-refractivity contribution >= 4 is 50.6 Å². The van der Waals surface area contributed by atoms with E-state index in [4.69, 9.17) is 4.99 Å². The molecule has 0 aromatic heterocycles. The van der Waals surface area contributed by atoms with Crippen LogP contribution >= 0.6 is 0 Å². The summed E-state index contributed by atoms with van der Waals surface area (Å²) in [6.07, 6.45) is 6.84. The standard InChI is InChI=1S/C45H39N5/c1-3-14-36(15-4-1)49(43-21-11-13-32-12-7-8-18-39(32)43)38-28-26-34(27-29-38)42-31-46-41(30-47-42)33-22-24-35(25-23-33)45-48-40-19-9-10-20-44(40)50(45)37-16-5-2-6-17-37/h1-22,24,26-29,41,45-46,48H,23,25,30-31H2. The highest BCUT2D eigenvalue weighted by molar-refractivity contribution is 6.03. The average molecular weight is 650 g/mol. The third-order valence-electron chi connectivity index (χ3n) is 10.2. The molecule has 3 aliphatic rings. The van der Waals surface area contributed by atoms with Crippen molar-refractivity contribution in [3.8, 4) is 0 Å². The van der Waals surface area contributed by atoms with Gasteiger partial charge in [0, 0.05) is 35.0 Å². The zero-order valence-electron chi connectivity index (χ0n) is 27.9.